The van der Waals surface area contributed by atoms with Crippen LogP contribution in [0.5, 0.6) is 0 Å². The molecule has 1 atom stereocenters. The van der Waals surface area contributed by atoms with Gasteiger partial charge in [-0.05, 0) is 13.0 Å². The lowest BCUT2D eigenvalue weighted by Crippen LogP contribution is -2.27. The van der Waals surface area contributed by atoms with Gasteiger partial charge in [0.1, 0.15) is 0 Å². The fraction of sp³-hybridized carbons (Fsp3) is 0.250. The van der Waals surface area contributed by atoms with Crippen molar-refractivity contribution in [2.75, 3.05) is 5.73 Å². The minimum absolute atomic E-state index is 0. The highest BCUT2D eigenvalue weighted by atomic mass is 35.5. The number of carbonyl (C=O) groups excluding carboxylic acids is 1. The van der Waals surface area contributed by atoms with Gasteiger partial charge in [-0.1, -0.05) is 0 Å². The summed E-state index contributed by atoms with van der Waals surface area (Å²) >= 11 is 0. The molecule has 2 aromatic rings. The summed E-state index contributed by atoms with van der Waals surface area (Å²) in [5.41, 5.74) is 7.46. The van der Waals surface area contributed by atoms with E-state index in [-0.39, 0.29) is 24.4 Å². The Morgan fingerprint density at radius 2 is 2.21 bits per heavy atom. The third-order valence-electron chi connectivity index (χ3n) is 2.67. The molecule has 2 rings (SSSR count). The molecule has 19 heavy (non-hydrogen) atoms. The Balaban J connectivity index is 0.00000180. The van der Waals surface area contributed by atoms with E-state index < -0.39 is 0 Å². The van der Waals surface area contributed by atoms with Crippen molar-refractivity contribution in [1.29, 1.82) is 0 Å². The zero-order chi connectivity index (χ0) is 13.1. The zero-order valence-electron chi connectivity index (χ0n) is 10.7. The lowest BCUT2D eigenvalue weighted by molar-refractivity contribution is 0.0940. The minimum Gasteiger partial charge on any atom is -0.398 e. The molecule has 102 valence electrons. The highest BCUT2D eigenvalue weighted by Crippen LogP contribution is 2.14. The molecule has 7 heteroatoms. The monoisotopic (exact) mass is 281 g/mol. The summed E-state index contributed by atoms with van der Waals surface area (Å²) in [6.07, 6.45) is 6.59. The second kappa shape index (κ2) is 6.19. The van der Waals surface area contributed by atoms with E-state index in [1.165, 1.54) is 6.20 Å². The number of nitrogens with zero attached hydrogens (tertiary/aromatic N) is 3. The van der Waals surface area contributed by atoms with Crippen molar-refractivity contribution >= 4 is 24.0 Å². The van der Waals surface area contributed by atoms with Crippen LogP contribution < -0.4 is 11.1 Å². The molecule has 0 aromatic carbocycles. The van der Waals surface area contributed by atoms with Crippen LogP contribution in [0.4, 0.5) is 5.69 Å². The van der Waals surface area contributed by atoms with Gasteiger partial charge in [0.15, 0.2) is 0 Å². The lowest BCUT2D eigenvalue weighted by atomic mass is 10.1. The largest absolute Gasteiger partial charge is 0.398 e. The first-order chi connectivity index (χ1) is 8.58. The summed E-state index contributed by atoms with van der Waals surface area (Å²) in [7, 11) is 1.83. The van der Waals surface area contributed by atoms with Crippen LogP contribution in [-0.2, 0) is 7.05 Å². The number of carbonyl (C=O) groups is 1. The number of nitrogens with one attached hydrogen (secondary N) is 1. The number of aromatic nitrogens is 3. The molecule has 0 fully saturated rings. The van der Waals surface area contributed by atoms with Crippen LogP contribution >= 0.6 is 12.4 Å². The number of hydrogen-bond acceptors (Lipinski definition) is 4. The topological polar surface area (TPSA) is 85.8 Å². The predicted octanol–water partition coefficient (Wildman–Crippen LogP) is 1.31. The molecule has 0 saturated heterocycles. The maximum absolute atomic E-state index is 12.0. The van der Waals surface area contributed by atoms with E-state index in [2.05, 4.69) is 15.4 Å². The molecule has 1 amide bonds. The first-order valence-electron chi connectivity index (χ1n) is 5.57. The molecule has 0 aliphatic heterocycles. The molecular weight excluding hydrogens is 266 g/mol. The third kappa shape index (κ3) is 3.45. The van der Waals surface area contributed by atoms with Crippen molar-refractivity contribution in [2.24, 2.45) is 7.05 Å². The molecule has 6 nitrogen and oxygen atoms in total. The van der Waals surface area contributed by atoms with Crippen molar-refractivity contribution in [3.05, 3.63) is 42.0 Å². The van der Waals surface area contributed by atoms with Crippen molar-refractivity contribution in [1.82, 2.24) is 20.1 Å². The summed E-state index contributed by atoms with van der Waals surface area (Å²) in [6, 6.07) is 1.47. The van der Waals surface area contributed by atoms with Crippen LogP contribution in [0, 0.1) is 0 Å². The number of amides is 1. The number of aryl methyl sites for hydroxylation is 1. The normalized spacial score (nSPS) is 11.5. The zero-order valence-corrected chi connectivity index (χ0v) is 11.5. The van der Waals surface area contributed by atoms with E-state index in [1.807, 2.05) is 20.2 Å². The second-order valence-electron chi connectivity index (χ2n) is 4.11. The van der Waals surface area contributed by atoms with Gasteiger partial charge in [-0.25, -0.2) is 0 Å². The molecule has 0 bridgehead atoms. The summed E-state index contributed by atoms with van der Waals surface area (Å²) in [4.78, 5) is 15.9. The van der Waals surface area contributed by atoms with Gasteiger partial charge in [-0.2, -0.15) is 5.10 Å². The van der Waals surface area contributed by atoms with Gasteiger partial charge in [0.05, 0.1) is 17.8 Å². The predicted molar refractivity (Wildman–Crippen MR) is 75.0 cm³/mol. The molecule has 3 N–H and O–H groups in total. The van der Waals surface area contributed by atoms with E-state index in [1.54, 1.807) is 23.1 Å². The number of nitrogens with two attached hydrogens (primary N) is 1. The number of halogens is 1. The Morgan fingerprint density at radius 3 is 2.79 bits per heavy atom. The molecule has 2 aromatic heterocycles. The van der Waals surface area contributed by atoms with Gasteiger partial charge >= 0.3 is 0 Å². The molecule has 0 aliphatic carbocycles. The summed E-state index contributed by atoms with van der Waals surface area (Å²) in [6.45, 7) is 1.89. The standard InChI is InChI=1S/C12H15N5O.ClH/c1-8(9-5-15-17(2)7-9)16-12(18)10-6-14-4-3-11(10)13;/h3-8H,1-2H3,(H2,13,14)(H,16,18);1H. The molecular formula is C12H16ClN5O. The number of nitrogen functional groups attached to an aromatic ring is 1. The van der Waals surface area contributed by atoms with Crippen molar-refractivity contribution in [2.45, 2.75) is 13.0 Å². The van der Waals surface area contributed by atoms with Crippen LogP contribution in [0.2, 0.25) is 0 Å². The summed E-state index contributed by atoms with van der Waals surface area (Å²) in [5.74, 6) is -0.239. The average molecular weight is 282 g/mol. The quantitative estimate of drug-likeness (QED) is 0.888. The Kier molecular flexibility index (Phi) is 4.88. The molecule has 0 radical (unpaired) electrons. The SMILES string of the molecule is CC(NC(=O)c1cnccc1N)c1cnn(C)c1.Cl. The van der Waals surface area contributed by atoms with Crippen molar-refractivity contribution in [3.8, 4) is 0 Å². The Morgan fingerprint density at radius 1 is 1.47 bits per heavy atom. The Bertz CT molecular complexity index is 569. The van der Waals surface area contributed by atoms with E-state index in [9.17, 15) is 4.79 Å². The first kappa shape index (κ1) is 15.0. The second-order valence-corrected chi connectivity index (χ2v) is 4.11. The number of pyridine rings is 1. The molecule has 1 unspecified atom stereocenters. The van der Waals surface area contributed by atoms with Crippen molar-refractivity contribution in [3.63, 3.8) is 0 Å². The fourth-order valence-corrected chi connectivity index (χ4v) is 1.62. The van der Waals surface area contributed by atoms with E-state index in [0.29, 0.717) is 11.3 Å². The fourth-order valence-electron chi connectivity index (χ4n) is 1.62. The van der Waals surface area contributed by atoms with Crippen LogP contribution in [0.3, 0.4) is 0 Å². The van der Waals surface area contributed by atoms with Gasteiger partial charge in [-0.3, -0.25) is 14.5 Å². The Labute approximate surface area is 117 Å². The van der Waals surface area contributed by atoms with Gasteiger partial charge < -0.3 is 11.1 Å². The number of rotatable bonds is 3. The van der Waals surface area contributed by atoms with Gasteiger partial charge in [0.25, 0.3) is 5.91 Å². The van der Waals surface area contributed by atoms with Crippen LogP contribution in [-0.4, -0.2) is 20.7 Å². The van der Waals surface area contributed by atoms with E-state index in [4.69, 9.17) is 5.73 Å². The summed E-state index contributed by atoms with van der Waals surface area (Å²) in [5, 5.41) is 6.92. The number of hydrogen-bond donors (Lipinski definition) is 2. The van der Waals surface area contributed by atoms with Gasteiger partial charge in [0.2, 0.25) is 0 Å². The Hall–Kier alpha value is -2.08. The van der Waals surface area contributed by atoms with Crippen LogP contribution in [0.25, 0.3) is 0 Å². The lowest BCUT2D eigenvalue weighted by Gasteiger charge is -2.12. The highest BCUT2D eigenvalue weighted by Gasteiger charge is 2.14. The molecule has 0 spiro atoms. The van der Waals surface area contributed by atoms with E-state index >= 15 is 0 Å². The smallest absolute Gasteiger partial charge is 0.255 e. The molecule has 0 aliphatic rings. The molecule has 2 heterocycles. The van der Waals surface area contributed by atoms with E-state index in [0.717, 1.165) is 5.56 Å². The summed E-state index contributed by atoms with van der Waals surface area (Å²) < 4.78 is 1.69. The van der Waals surface area contributed by atoms with Gasteiger partial charge in [0, 0.05) is 36.9 Å². The number of anilines is 1. The first-order valence-corrected chi connectivity index (χ1v) is 5.57. The minimum atomic E-state index is -0.239. The van der Waals surface area contributed by atoms with Crippen LogP contribution in [0.1, 0.15) is 28.9 Å². The maximum Gasteiger partial charge on any atom is 0.255 e. The average Bonchev–Trinajstić information content (AvgIpc) is 2.76. The maximum atomic E-state index is 12.0. The highest BCUT2D eigenvalue weighted by molar-refractivity contribution is 5.98. The van der Waals surface area contributed by atoms with Crippen molar-refractivity contribution < 1.29 is 4.79 Å². The van der Waals surface area contributed by atoms with Crippen LogP contribution in [0.15, 0.2) is 30.9 Å². The molecule has 0 saturated carbocycles. The van der Waals surface area contributed by atoms with Gasteiger partial charge in [-0.15, -0.1) is 12.4 Å². The third-order valence-corrected chi connectivity index (χ3v) is 2.67.